The minimum absolute atomic E-state index is 0. The number of halogens is 2. The Hall–Kier alpha value is -3.22. The lowest BCUT2D eigenvalue weighted by Gasteiger charge is -2.20. The van der Waals surface area contributed by atoms with Crippen LogP contribution >= 0.6 is 24.0 Å². The van der Waals surface area contributed by atoms with Crippen molar-refractivity contribution < 1.29 is 14.3 Å². The highest BCUT2D eigenvalue weighted by Gasteiger charge is 2.35. The van der Waals surface area contributed by atoms with Crippen LogP contribution in [-0.2, 0) is 11.3 Å². The second-order valence-corrected chi connectivity index (χ2v) is 8.37. The lowest BCUT2D eigenvalue weighted by Crippen LogP contribution is -2.25. The van der Waals surface area contributed by atoms with Crippen molar-refractivity contribution in [3.8, 4) is 11.5 Å². The van der Waals surface area contributed by atoms with Gasteiger partial charge in [-0.05, 0) is 36.4 Å². The molecule has 0 saturated carbocycles. The Balaban J connectivity index is 0.00000274. The molecule has 3 aromatic carbocycles. The fourth-order valence-electron chi connectivity index (χ4n) is 4.42. The molecule has 5 rings (SSSR count). The van der Waals surface area contributed by atoms with Gasteiger partial charge < -0.3 is 18.9 Å². The number of imidazole rings is 1. The molecule has 1 unspecified atom stereocenters. The van der Waals surface area contributed by atoms with Crippen LogP contribution in [0.2, 0.25) is 5.02 Å². The van der Waals surface area contributed by atoms with Gasteiger partial charge in [0.25, 0.3) is 0 Å². The predicted octanol–water partition coefficient (Wildman–Crippen LogP) is 5.72. The molecule has 1 amide bonds. The van der Waals surface area contributed by atoms with Gasteiger partial charge in [0.1, 0.15) is 23.9 Å². The molecule has 1 aliphatic rings. The molecule has 1 aliphatic heterocycles. The molecule has 1 aromatic heterocycles. The van der Waals surface area contributed by atoms with Crippen LogP contribution in [0.15, 0.2) is 72.8 Å². The summed E-state index contributed by atoms with van der Waals surface area (Å²) in [5.41, 5.74) is 2.73. The quantitative estimate of drug-likeness (QED) is 0.327. The van der Waals surface area contributed by atoms with E-state index < -0.39 is 0 Å². The maximum Gasteiger partial charge on any atom is 0.227 e. The van der Waals surface area contributed by atoms with Crippen molar-refractivity contribution in [2.75, 3.05) is 25.2 Å². The van der Waals surface area contributed by atoms with E-state index in [1.165, 1.54) is 0 Å². The minimum Gasteiger partial charge on any atom is -0.495 e. The zero-order valence-electron chi connectivity index (χ0n) is 18.7. The van der Waals surface area contributed by atoms with Crippen molar-refractivity contribution in [2.45, 2.75) is 18.9 Å². The molecule has 8 heteroatoms. The molecule has 1 fully saturated rings. The van der Waals surface area contributed by atoms with E-state index in [-0.39, 0.29) is 24.2 Å². The monoisotopic (exact) mass is 497 g/mol. The van der Waals surface area contributed by atoms with E-state index in [1.807, 2.05) is 66.7 Å². The van der Waals surface area contributed by atoms with Crippen LogP contribution in [0.3, 0.4) is 0 Å². The average molecular weight is 498 g/mol. The molecular weight excluding hydrogens is 473 g/mol. The molecule has 0 aliphatic carbocycles. The van der Waals surface area contributed by atoms with Gasteiger partial charge in [-0.2, -0.15) is 0 Å². The summed E-state index contributed by atoms with van der Waals surface area (Å²) < 4.78 is 13.6. The number of methoxy groups -OCH3 is 1. The number of amides is 1. The van der Waals surface area contributed by atoms with Gasteiger partial charge in [0, 0.05) is 18.9 Å². The number of carbonyl (C=O) groups excluding carboxylic acids is 1. The van der Waals surface area contributed by atoms with E-state index in [1.54, 1.807) is 12.0 Å². The third-order valence-electron chi connectivity index (χ3n) is 5.96. The average Bonchev–Trinajstić information content (AvgIpc) is 3.41. The second kappa shape index (κ2) is 10.4. The zero-order chi connectivity index (χ0) is 22.8. The SMILES string of the molecule is COc1ccccc1N1CC(c2nc3ccccc3n2CCOc2ccccc2Cl)CC1=O.Cl. The van der Waals surface area contributed by atoms with Crippen molar-refractivity contribution in [3.63, 3.8) is 0 Å². The number of benzene rings is 3. The summed E-state index contributed by atoms with van der Waals surface area (Å²) in [4.78, 5) is 19.7. The number of ether oxygens (including phenoxy) is 2. The number of para-hydroxylation sites is 5. The summed E-state index contributed by atoms with van der Waals surface area (Å²) in [5, 5.41) is 0.585. The number of nitrogens with zero attached hydrogens (tertiary/aromatic N) is 3. The van der Waals surface area contributed by atoms with Gasteiger partial charge in [-0.1, -0.05) is 48.0 Å². The summed E-state index contributed by atoms with van der Waals surface area (Å²) in [6, 6.07) is 23.1. The topological polar surface area (TPSA) is 56.6 Å². The highest BCUT2D eigenvalue weighted by molar-refractivity contribution is 6.32. The van der Waals surface area contributed by atoms with Crippen molar-refractivity contribution in [3.05, 3.63) is 83.6 Å². The van der Waals surface area contributed by atoms with Crippen molar-refractivity contribution in [1.82, 2.24) is 9.55 Å². The maximum atomic E-state index is 13.0. The fraction of sp³-hybridized carbons (Fsp3) is 0.231. The third kappa shape index (κ3) is 4.56. The summed E-state index contributed by atoms with van der Waals surface area (Å²) in [6.45, 7) is 1.59. The number of aromatic nitrogens is 2. The summed E-state index contributed by atoms with van der Waals surface area (Å²) in [5.74, 6) is 2.27. The first-order chi connectivity index (χ1) is 16.2. The van der Waals surface area contributed by atoms with Crippen molar-refractivity contribution >= 4 is 46.6 Å². The summed E-state index contributed by atoms with van der Waals surface area (Å²) in [6.07, 6.45) is 0.396. The van der Waals surface area contributed by atoms with Crippen molar-refractivity contribution in [1.29, 1.82) is 0 Å². The van der Waals surface area contributed by atoms with Gasteiger partial charge >= 0.3 is 0 Å². The Morgan fingerprint density at radius 1 is 1.00 bits per heavy atom. The smallest absolute Gasteiger partial charge is 0.227 e. The highest BCUT2D eigenvalue weighted by atomic mass is 35.5. The molecule has 0 bridgehead atoms. The molecule has 176 valence electrons. The Morgan fingerprint density at radius 2 is 1.71 bits per heavy atom. The number of fused-ring (bicyclic) bond motifs is 1. The van der Waals surface area contributed by atoms with E-state index in [9.17, 15) is 4.79 Å². The van der Waals surface area contributed by atoms with Gasteiger partial charge in [-0.3, -0.25) is 4.79 Å². The largest absolute Gasteiger partial charge is 0.495 e. The highest BCUT2D eigenvalue weighted by Crippen LogP contribution is 2.37. The maximum absolute atomic E-state index is 13.0. The lowest BCUT2D eigenvalue weighted by molar-refractivity contribution is -0.117. The minimum atomic E-state index is -0.0323. The van der Waals surface area contributed by atoms with Gasteiger partial charge in [0.05, 0.1) is 35.4 Å². The first-order valence-corrected chi connectivity index (χ1v) is 11.3. The third-order valence-corrected chi connectivity index (χ3v) is 6.27. The van der Waals surface area contributed by atoms with Gasteiger partial charge in [-0.25, -0.2) is 4.98 Å². The molecule has 34 heavy (non-hydrogen) atoms. The zero-order valence-corrected chi connectivity index (χ0v) is 20.3. The number of hydrogen-bond donors (Lipinski definition) is 0. The molecule has 1 atom stereocenters. The van der Waals surface area contributed by atoms with Crippen LogP contribution in [0.5, 0.6) is 11.5 Å². The van der Waals surface area contributed by atoms with Crippen molar-refractivity contribution in [2.24, 2.45) is 0 Å². The van der Waals surface area contributed by atoms with Crippen LogP contribution in [-0.4, -0.2) is 35.7 Å². The Labute approximate surface area is 209 Å². The van der Waals surface area contributed by atoms with E-state index in [4.69, 9.17) is 26.1 Å². The van der Waals surface area contributed by atoms with Gasteiger partial charge in [-0.15, -0.1) is 12.4 Å². The first-order valence-electron chi connectivity index (χ1n) is 10.9. The standard InChI is InChI=1S/C26H24ClN3O3.ClH/c1-32-24-13-7-5-11-22(24)30-17-18(16-25(30)31)26-28-20-9-3-4-10-21(20)29(26)14-15-33-23-12-6-2-8-19(23)27;/h2-13,18H,14-17H2,1H3;1H. The molecule has 2 heterocycles. The Kier molecular flexibility index (Phi) is 7.29. The predicted molar refractivity (Wildman–Crippen MR) is 137 cm³/mol. The number of rotatable bonds is 7. The number of hydrogen-bond acceptors (Lipinski definition) is 4. The van der Waals surface area contributed by atoms with E-state index in [0.29, 0.717) is 42.6 Å². The second-order valence-electron chi connectivity index (χ2n) is 7.97. The van der Waals surface area contributed by atoms with Crippen LogP contribution in [0.1, 0.15) is 18.2 Å². The summed E-state index contributed by atoms with van der Waals surface area (Å²) >= 11 is 6.23. The Bertz CT molecular complexity index is 1310. The van der Waals surface area contributed by atoms with Crippen LogP contribution < -0.4 is 14.4 Å². The number of carbonyl (C=O) groups is 1. The summed E-state index contributed by atoms with van der Waals surface area (Å²) in [7, 11) is 1.62. The van der Waals surface area contributed by atoms with Crippen LogP contribution in [0.25, 0.3) is 11.0 Å². The van der Waals surface area contributed by atoms with E-state index >= 15 is 0 Å². The van der Waals surface area contributed by atoms with Gasteiger partial charge in [0.15, 0.2) is 0 Å². The van der Waals surface area contributed by atoms with E-state index in [0.717, 1.165) is 22.5 Å². The molecule has 0 N–H and O–H groups in total. The fourth-order valence-corrected chi connectivity index (χ4v) is 4.61. The molecule has 1 saturated heterocycles. The van der Waals surface area contributed by atoms with Crippen LogP contribution in [0.4, 0.5) is 5.69 Å². The molecular formula is C26H25Cl2N3O3. The van der Waals surface area contributed by atoms with Crippen LogP contribution in [0, 0.1) is 0 Å². The molecule has 6 nitrogen and oxygen atoms in total. The first kappa shape index (κ1) is 23.9. The number of anilines is 1. The molecule has 4 aromatic rings. The Morgan fingerprint density at radius 3 is 2.50 bits per heavy atom. The normalized spacial score (nSPS) is 15.4. The molecule has 0 spiro atoms. The molecule has 0 radical (unpaired) electrons. The van der Waals surface area contributed by atoms with Gasteiger partial charge in [0.2, 0.25) is 5.91 Å². The van der Waals surface area contributed by atoms with E-state index in [2.05, 4.69) is 10.6 Å². The lowest BCUT2D eigenvalue weighted by atomic mass is 10.1.